The van der Waals surface area contributed by atoms with Gasteiger partial charge in [-0.3, -0.25) is 9.78 Å². The number of nitrogens with one attached hydrogen (secondary N) is 1. The standard InChI is InChI=1S/C16H15Cl2N3O3S/c17-13-6-5-12(9-14(13)18)25(23,24)21-8-2-4-15(21)16(22)20-11-3-1-7-19-10-11/h1,3,5-7,9-10,15H,2,4,8H2,(H,20,22)/t15-/m0/s1. The van der Waals surface area contributed by atoms with Gasteiger partial charge in [0.1, 0.15) is 6.04 Å². The van der Waals surface area contributed by atoms with Crippen LogP contribution in [0.2, 0.25) is 10.0 Å². The minimum absolute atomic E-state index is 0.0166. The van der Waals surface area contributed by atoms with Crippen LogP contribution in [-0.2, 0) is 14.8 Å². The predicted octanol–water partition coefficient (Wildman–Crippen LogP) is 3.18. The van der Waals surface area contributed by atoms with Gasteiger partial charge in [-0.1, -0.05) is 23.2 Å². The zero-order chi connectivity index (χ0) is 18.0. The number of carbonyl (C=O) groups excluding carboxylic acids is 1. The topological polar surface area (TPSA) is 79.4 Å². The Balaban J connectivity index is 1.85. The lowest BCUT2D eigenvalue weighted by Gasteiger charge is -2.23. The van der Waals surface area contributed by atoms with E-state index in [1.807, 2.05) is 0 Å². The Morgan fingerprint density at radius 2 is 2.04 bits per heavy atom. The highest BCUT2D eigenvalue weighted by Gasteiger charge is 2.39. The molecular weight excluding hydrogens is 385 g/mol. The molecule has 1 aromatic heterocycles. The van der Waals surface area contributed by atoms with E-state index < -0.39 is 16.1 Å². The number of sulfonamides is 1. The van der Waals surface area contributed by atoms with Crippen molar-refractivity contribution in [3.05, 3.63) is 52.8 Å². The van der Waals surface area contributed by atoms with E-state index in [0.717, 1.165) is 0 Å². The highest BCUT2D eigenvalue weighted by atomic mass is 35.5. The van der Waals surface area contributed by atoms with Crippen molar-refractivity contribution in [1.29, 1.82) is 0 Å². The predicted molar refractivity (Wildman–Crippen MR) is 96.2 cm³/mol. The number of amides is 1. The molecule has 1 aliphatic rings. The second-order valence-electron chi connectivity index (χ2n) is 5.58. The van der Waals surface area contributed by atoms with E-state index >= 15 is 0 Å². The summed E-state index contributed by atoms with van der Waals surface area (Å²) in [6.45, 7) is 0.272. The molecule has 1 amide bonds. The van der Waals surface area contributed by atoms with Crippen LogP contribution in [0.4, 0.5) is 5.69 Å². The Kier molecular flexibility index (Phi) is 5.29. The van der Waals surface area contributed by atoms with Crippen molar-refractivity contribution in [2.75, 3.05) is 11.9 Å². The number of aromatic nitrogens is 1. The summed E-state index contributed by atoms with van der Waals surface area (Å²) in [5.41, 5.74) is 0.520. The Bertz CT molecular complexity index is 891. The largest absolute Gasteiger partial charge is 0.323 e. The molecule has 25 heavy (non-hydrogen) atoms. The summed E-state index contributed by atoms with van der Waals surface area (Å²) in [4.78, 5) is 16.5. The van der Waals surface area contributed by atoms with Gasteiger partial charge in [0, 0.05) is 12.7 Å². The molecule has 1 saturated heterocycles. The fourth-order valence-corrected chi connectivity index (χ4v) is 4.77. The maximum Gasteiger partial charge on any atom is 0.243 e. The number of anilines is 1. The SMILES string of the molecule is O=C(Nc1cccnc1)[C@@H]1CCCN1S(=O)(=O)c1ccc(Cl)c(Cl)c1. The number of hydrogen-bond donors (Lipinski definition) is 1. The van der Waals surface area contributed by atoms with Gasteiger partial charge in [-0.05, 0) is 43.2 Å². The van der Waals surface area contributed by atoms with Crippen LogP contribution < -0.4 is 5.32 Å². The molecule has 1 aromatic carbocycles. The lowest BCUT2D eigenvalue weighted by molar-refractivity contribution is -0.119. The molecule has 0 radical (unpaired) electrons. The molecule has 1 N–H and O–H groups in total. The smallest absolute Gasteiger partial charge is 0.243 e. The van der Waals surface area contributed by atoms with Crippen molar-refractivity contribution in [3.63, 3.8) is 0 Å². The maximum atomic E-state index is 12.9. The molecule has 0 bridgehead atoms. The Morgan fingerprint density at radius 3 is 2.72 bits per heavy atom. The first-order valence-electron chi connectivity index (χ1n) is 7.57. The highest BCUT2D eigenvalue weighted by Crippen LogP contribution is 2.30. The number of pyridine rings is 1. The van der Waals surface area contributed by atoms with Crippen LogP contribution >= 0.6 is 23.2 Å². The average molecular weight is 400 g/mol. The molecule has 0 spiro atoms. The van der Waals surface area contributed by atoms with Gasteiger partial charge in [0.15, 0.2) is 0 Å². The molecule has 9 heteroatoms. The van der Waals surface area contributed by atoms with E-state index in [1.165, 1.54) is 28.7 Å². The Hall–Kier alpha value is -1.67. The van der Waals surface area contributed by atoms with Crippen LogP contribution in [0.5, 0.6) is 0 Å². The first-order chi connectivity index (χ1) is 11.9. The Morgan fingerprint density at radius 1 is 1.24 bits per heavy atom. The monoisotopic (exact) mass is 399 g/mol. The second kappa shape index (κ2) is 7.29. The zero-order valence-electron chi connectivity index (χ0n) is 13.0. The van der Waals surface area contributed by atoms with E-state index in [-0.39, 0.29) is 27.4 Å². The molecule has 1 fully saturated rings. The lowest BCUT2D eigenvalue weighted by atomic mass is 10.2. The molecule has 0 unspecified atom stereocenters. The number of nitrogens with zero attached hydrogens (tertiary/aromatic N) is 2. The van der Waals surface area contributed by atoms with Gasteiger partial charge in [-0.15, -0.1) is 0 Å². The molecular formula is C16H15Cl2N3O3S. The van der Waals surface area contributed by atoms with Crippen LogP contribution in [0.3, 0.4) is 0 Å². The summed E-state index contributed by atoms with van der Waals surface area (Å²) in [6, 6.07) is 6.72. The summed E-state index contributed by atoms with van der Waals surface area (Å²) in [6.07, 6.45) is 4.15. The average Bonchev–Trinajstić information content (AvgIpc) is 3.09. The van der Waals surface area contributed by atoms with Crippen molar-refractivity contribution in [2.45, 2.75) is 23.8 Å². The fraction of sp³-hybridized carbons (Fsp3) is 0.250. The molecule has 2 aromatic rings. The minimum atomic E-state index is -3.85. The van der Waals surface area contributed by atoms with Gasteiger partial charge >= 0.3 is 0 Å². The number of carbonyl (C=O) groups is 1. The number of rotatable bonds is 4. The third-order valence-corrected chi connectivity index (χ3v) is 6.58. The van der Waals surface area contributed by atoms with Gasteiger partial charge in [-0.25, -0.2) is 8.42 Å². The number of halogens is 2. The molecule has 3 rings (SSSR count). The van der Waals surface area contributed by atoms with E-state index in [4.69, 9.17) is 23.2 Å². The van der Waals surface area contributed by atoms with Crippen LogP contribution in [0.25, 0.3) is 0 Å². The molecule has 1 aliphatic heterocycles. The van der Waals surface area contributed by atoms with Gasteiger partial charge < -0.3 is 5.32 Å². The van der Waals surface area contributed by atoms with E-state index in [2.05, 4.69) is 10.3 Å². The molecule has 0 saturated carbocycles. The van der Waals surface area contributed by atoms with Crippen LogP contribution in [0, 0.1) is 0 Å². The van der Waals surface area contributed by atoms with E-state index in [1.54, 1.807) is 18.3 Å². The molecule has 132 valence electrons. The highest BCUT2D eigenvalue weighted by molar-refractivity contribution is 7.89. The summed E-state index contributed by atoms with van der Waals surface area (Å²) in [7, 11) is -3.85. The second-order valence-corrected chi connectivity index (χ2v) is 8.29. The van der Waals surface area contributed by atoms with E-state index in [9.17, 15) is 13.2 Å². The molecule has 1 atom stereocenters. The molecule has 0 aliphatic carbocycles. The third-order valence-electron chi connectivity index (χ3n) is 3.93. The molecule has 2 heterocycles. The maximum absolute atomic E-state index is 12.9. The van der Waals surface area contributed by atoms with Gasteiger partial charge in [-0.2, -0.15) is 4.31 Å². The first kappa shape index (κ1) is 18.1. The fourth-order valence-electron chi connectivity index (χ4n) is 2.72. The summed E-state index contributed by atoms with van der Waals surface area (Å²) in [5.74, 6) is -0.380. The van der Waals surface area contributed by atoms with Crippen molar-refractivity contribution < 1.29 is 13.2 Å². The van der Waals surface area contributed by atoms with Crippen LogP contribution in [0.15, 0.2) is 47.6 Å². The number of benzene rings is 1. The zero-order valence-corrected chi connectivity index (χ0v) is 15.4. The van der Waals surface area contributed by atoms with Gasteiger partial charge in [0.2, 0.25) is 15.9 Å². The molecule has 6 nitrogen and oxygen atoms in total. The third kappa shape index (κ3) is 3.79. The van der Waals surface area contributed by atoms with Gasteiger partial charge in [0.05, 0.1) is 26.8 Å². The van der Waals surface area contributed by atoms with Crippen LogP contribution in [0.1, 0.15) is 12.8 Å². The lowest BCUT2D eigenvalue weighted by Crippen LogP contribution is -2.43. The normalized spacial score (nSPS) is 18.2. The summed E-state index contributed by atoms with van der Waals surface area (Å²) < 4.78 is 27.0. The van der Waals surface area contributed by atoms with Crippen molar-refractivity contribution in [1.82, 2.24) is 9.29 Å². The summed E-state index contributed by atoms with van der Waals surface area (Å²) in [5, 5.41) is 3.13. The van der Waals surface area contributed by atoms with Crippen molar-refractivity contribution in [3.8, 4) is 0 Å². The Labute approximate surface area is 155 Å². The minimum Gasteiger partial charge on any atom is -0.323 e. The van der Waals surface area contributed by atoms with E-state index in [0.29, 0.717) is 18.5 Å². The van der Waals surface area contributed by atoms with Gasteiger partial charge in [0.25, 0.3) is 0 Å². The van der Waals surface area contributed by atoms with Crippen molar-refractivity contribution in [2.24, 2.45) is 0 Å². The summed E-state index contributed by atoms with van der Waals surface area (Å²) >= 11 is 11.8. The van der Waals surface area contributed by atoms with Crippen molar-refractivity contribution >= 4 is 44.8 Å². The number of hydrogen-bond acceptors (Lipinski definition) is 4. The quantitative estimate of drug-likeness (QED) is 0.855. The van der Waals surface area contributed by atoms with Crippen LogP contribution in [-0.4, -0.2) is 36.2 Å². The first-order valence-corrected chi connectivity index (χ1v) is 9.77.